The molecule has 0 unspecified atom stereocenters. The number of piperidine rings is 2. The summed E-state index contributed by atoms with van der Waals surface area (Å²) in [7, 11) is 0. The smallest absolute Gasteiger partial charge is 0.431 e. The second kappa shape index (κ2) is 9.36. The molecule has 2 aliphatic rings. The molecule has 0 N–H and O–H groups in total. The van der Waals surface area contributed by atoms with Crippen LogP contribution >= 0.6 is 0 Å². The predicted molar refractivity (Wildman–Crippen MR) is 87.1 cm³/mol. The summed E-state index contributed by atoms with van der Waals surface area (Å²) in [6.07, 6.45) is 5.74. The molecule has 0 aliphatic carbocycles. The normalized spacial score (nSPS) is 22.6. The summed E-state index contributed by atoms with van der Waals surface area (Å²) in [4.78, 5) is 16.8. The van der Waals surface area contributed by atoms with Crippen LogP contribution in [0.2, 0.25) is 0 Å². The maximum atomic E-state index is 11.9. The number of carbonyl (C=O) groups is 1. The van der Waals surface area contributed by atoms with Crippen molar-refractivity contribution in [2.75, 3.05) is 39.3 Å². The number of hydrogen-bond acceptors (Lipinski definition) is 5. The lowest BCUT2D eigenvalue weighted by Gasteiger charge is -2.33. The van der Waals surface area contributed by atoms with Gasteiger partial charge in [0, 0.05) is 26.2 Å². The molecule has 22 heavy (non-hydrogen) atoms. The van der Waals surface area contributed by atoms with Crippen molar-refractivity contribution < 1.29 is 14.3 Å². The molecule has 0 saturated carbocycles. The van der Waals surface area contributed by atoms with Crippen LogP contribution in [-0.2, 0) is 9.47 Å². The molecule has 0 atom stereocenters. The average Bonchev–Trinajstić information content (AvgIpc) is 2.52. The Balaban J connectivity index is 1.60. The lowest BCUT2D eigenvalue weighted by molar-refractivity contribution is -0.0319. The van der Waals surface area contributed by atoms with Gasteiger partial charge in [0.05, 0.1) is 0 Å². The summed E-state index contributed by atoms with van der Waals surface area (Å²) in [6, 6.07) is 0. The van der Waals surface area contributed by atoms with Crippen molar-refractivity contribution >= 4 is 6.16 Å². The Kier molecular flexibility index (Phi) is 7.46. The highest BCUT2D eigenvalue weighted by atomic mass is 16.7. The molecule has 0 aromatic heterocycles. The van der Waals surface area contributed by atoms with E-state index in [1.807, 2.05) is 0 Å². The van der Waals surface area contributed by atoms with Crippen LogP contribution in [0.5, 0.6) is 0 Å². The van der Waals surface area contributed by atoms with Gasteiger partial charge in [0.15, 0.2) is 0 Å². The quantitative estimate of drug-likeness (QED) is 0.706. The first-order chi connectivity index (χ1) is 10.7. The summed E-state index contributed by atoms with van der Waals surface area (Å²) >= 11 is 0. The van der Waals surface area contributed by atoms with Crippen molar-refractivity contribution in [1.29, 1.82) is 0 Å². The molecule has 0 bridgehead atoms. The third-order valence-corrected chi connectivity index (χ3v) is 4.67. The van der Waals surface area contributed by atoms with Crippen molar-refractivity contribution in [2.45, 2.75) is 64.6 Å². The van der Waals surface area contributed by atoms with Crippen LogP contribution < -0.4 is 0 Å². The number of hydrogen-bond donors (Lipinski definition) is 0. The second-order valence-corrected chi connectivity index (χ2v) is 6.57. The fourth-order valence-electron chi connectivity index (χ4n) is 3.43. The first-order valence-electron chi connectivity index (χ1n) is 9.03. The Morgan fingerprint density at radius 2 is 1.18 bits per heavy atom. The minimum atomic E-state index is -0.456. The highest BCUT2D eigenvalue weighted by Gasteiger charge is 2.26. The van der Waals surface area contributed by atoms with Crippen LogP contribution in [0.1, 0.15) is 52.4 Å². The second-order valence-electron chi connectivity index (χ2n) is 6.57. The minimum absolute atomic E-state index is 0.0424. The maximum Gasteiger partial charge on any atom is 0.508 e. The standard InChI is InChI=1S/C17H32N2O3/c1-3-9-18-11-5-15(6-12-18)21-17(20)22-16-7-13-19(10-4-2)14-8-16/h15-16H,3-14H2,1-2H3. The molecule has 0 spiro atoms. The largest absolute Gasteiger partial charge is 0.508 e. The zero-order valence-corrected chi connectivity index (χ0v) is 14.3. The molecular weight excluding hydrogens is 280 g/mol. The van der Waals surface area contributed by atoms with Gasteiger partial charge >= 0.3 is 6.16 Å². The molecule has 128 valence electrons. The van der Waals surface area contributed by atoms with E-state index >= 15 is 0 Å². The molecule has 5 nitrogen and oxygen atoms in total. The molecular formula is C17H32N2O3. The Bertz CT molecular complexity index is 292. The first kappa shape index (κ1) is 17.5. The van der Waals surface area contributed by atoms with E-state index in [0.29, 0.717) is 0 Å². The number of carbonyl (C=O) groups excluding carboxylic acids is 1. The van der Waals surface area contributed by atoms with Crippen molar-refractivity contribution in [3.05, 3.63) is 0 Å². The van der Waals surface area contributed by atoms with Crippen molar-refractivity contribution in [1.82, 2.24) is 9.80 Å². The van der Waals surface area contributed by atoms with E-state index in [2.05, 4.69) is 23.6 Å². The van der Waals surface area contributed by atoms with E-state index < -0.39 is 6.16 Å². The van der Waals surface area contributed by atoms with Crippen molar-refractivity contribution in [3.8, 4) is 0 Å². The maximum absolute atomic E-state index is 11.9. The Hall–Kier alpha value is -0.810. The number of likely N-dealkylation sites (tertiary alicyclic amines) is 2. The third kappa shape index (κ3) is 5.76. The van der Waals surface area contributed by atoms with E-state index in [4.69, 9.17) is 9.47 Å². The van der Waals surface area contributed by atoms with E-state index in [1.54, 1.807) is 0 Å². The Morgan fingerprint density at radius 3 is 1.50 bits per heavy atom. The molecule has 2 rings (SSSR count). The minimum Gasteiger partial charge on any atom is -0.431 e. The van der Waals surface area contributed by atoms with E-state index in [-0.39, 0.29) is 12.2 Å². The topological polar surface area (TPSA) is 42.0 Å². The summed E-state index contributed by atoms with van der Waals surface area (Å²) in [5, 5.41) is 0. The Labute approximate surface area is 134 Å². The molecule has 2 aliphatic heterocycles. The van der Waals surface area contributed by atoms with Crippen LogP contribution in [0.4, 0.5) is 4.79 Å². The van der Waals surface area contributed by atoms with Gasteiger partial charge in [0.1, 0.15) is 12.2 Å². The number of rotatable bonds is 6. The first-order valence-corrected chi connectivity index (χ1v) is 9.03. The lowest BCUT2D eigenvalue weighted by atomic mass is 10.1. The van der Waals surface area contributed by atoms with E-state index in [0.717, 1.165) is 65.0 Å². The van der Waals surface area contributed by atoms with Gasteiger partial charge in [-0.3, -0.25) is 0 Å². The van der Waals surface area contributed by atoms with Gasteiger partial charge in [-0.1, -0.05) is 13.8 Å². The van der Waals surface area contributed by atoms with Gasteiger partial charge in [0.25, 0.3) is 0 Å². The highest BCUT2D eigenvalue weighted by Crippen LogP contribution is 2.18. The summed E-state index contributed by atoms with van der Waals surface area (Å²) < 4.78 is 11.0. The predicted octanol–water partition coefficient (Wildman–Crippen LogP) is 2.89. The van der Waals surface area contributed by atoms with Crippen LogP contribution in [-0.4, -0.2) is 67.4 Å². The number of nitrogens with zero attached hydrogens (tertiary/aromatic N) is 2. The summed E-state index contributed by atoms with van der Waals surface area (Å²) in [5.74, 6) is 0. The molecule has 0 amide bonds. The summed E-state index contributed by atoms with van der Waals surface area (Å²) in [6.45, 7) is 10.8. The summed E-state index contributed by atoms with van der Waals surface area (Å²) in [5.41, 5.74) is 0. The fraction of sp³-hybridized carbons (Fsp3) is 0.941. The number of ether oxygens (including phenoxy) is 2. The average molecular weight is 312 g/mol. The molecule has 5 heteroatoms. The van der Waals surface area contributed by atoms with Gasteiger partial charge in [-0.15, -0.1) is 0 Å². The molecule has 2 fully saturated rings. The zero-order valence-electron chi connectivity index (χ0n) is 14.3. The molecule has 0 aromatic carbocycles. The molecule has 0 radical (unpaired) electrons. The van der Waals surface area contributed by atoms with Gasteiger partial charge in [-0.25, -0.2) is 4.79 Å². The van der Waals surface area contributed by atoms with Gasteiger partial charge in [-0.2, -0.15) is 0 Å². The monoisotopic (exact) mass is 312 g/mol. The molecule has 2 saturated heterocycles. The van der Waals surface area contributed by atoms with Crippen LogP contribution in [0.3, 0.4) is 0 Å². The van der Waals surface area contributed by atoms with Crippen LogP contribution in [0.25, 0.3) is 0 Å². The van der Waals surface area contributed by atoms with Crippen molar-refractivity contribution in [3.63, 3.8) is 0 Å². The lowest BCUT2D eigenvalue weighted by Crippen LogP contribution is -2.40. The van der Waals surface area contributed by atoms with Gasteiger partial charge in [0.2, 0.25) is 0 Å². The van der Waals surface area contributed by atoms with Crippen LogP contribution in [0.15, 0.2) is 0 Å². The van der Waals surface area contributed by atoms with Gasteiger partial charge < -0.3 is 19.3 Å². The Morgan fingerprint density at radius 1 is 0.818 bits per heavy atom. The van der Waals surface area contributed by atoms with Crippen LogP contribution in [0, 0.1) is 0 Å². The third-order valence-electron chi connectivity index (χ3n) is 4.67. The molecule has 0 aromatic rings. The SMILES string of the molecule is CCCN1CCC(OC(=O)OC2CCN(CCC)CC2)CC1. The van der Waals surface area contributed by atoms with E-state index in [9.17, 15) is 4.79 Å². The highest BCUT2D eigenvalue weighted by molar-refractivity contribution is 5.60. The van der Waals surface area contributed by atoms with Gasteiger partial charge in [-0.05, 0) is 51.6 Å². The molecule has 2 heterocycles. The zero-order chi connectivity index (χ0) is 15.8. The fourth-order valence-corrected chi connectivity index (χ4v) is 3.43. The van der Waals surface area contributed by atoms with E-state index in [1.165, 1.54) is 12.8 Å². The van der Waals surface area contributed by atoms with Crippen molar-refractivity contribution in [2.24, 2.45) is 0 Å².